The minimum Gasteiger partial charge on any atom is -1.00 e. The quantitative estimate of drug-likeness (QED) is 0.471. The van der Waals surface area contributed by atoms with E-state index in [0.29, 0.717) is 6.92 Å². The number of carbonyl (C=O) groups excluding carboxylic acids is 2. The molecule has 0 spiro atoms. The van der Waals surface area contributed by atoms with Crippen LogP contribution in [0.2, 0.25) is 0 Å². The molecule has 0 saturated carbocycles. The third-order valence-corrected chi connectivity index (χ3v) is 0.914. The summed E-state index contributed by atoms with van der Waals surface area (Å²) < 4.78 is 35.3. The maximum absolute atomic E-state index is 12.0. The molecule has 0 N–H and O–H groups in total. The summed E-state index contributed by atoms with van der Waals surface area (Å²) in [6.45, 7) is -1.28. The van der Waals surface area contributed by atoms with E-state index in [4.69, 9.17) is 0 Å². The number of carbonyl (C=O) groups is 2. The van der Waals surface area contributed by atoms with Crippen molar-refractivity contribution in [2.24, 2.45) is 0 Å². The van der Waals surface area contributed by atoms with Gasteiger partial charge in [-0.05, 0) is 0 Å². The van der Waals surface area contributed by atoms with Gasteiger partial charge in [0.1, 0.15) is 0 Å². The molecule has 0 aliphatic carbocycles. The number of alkyl halides is 3. The molecule has 0 aromatic carbocycles. The number of Topliss-reactive ketones (excluding diaryl/α,β-unsaturated/α-hetero) is 2. The zero-order chi connectivity index (χ0) is 8.36. The summed E-state index contributed by atoms with van der Waals surface area (Å²) in [5.74, 6) is -7.76. The van der Waals surface area contributed by atoms with E-state index in [1.165, 1.54) is 0 Å². The molecule has 6 heteroatoms. The molecule has 0 unspecified atom stereocenters. The summed E-state index contributed by atoms with van der Waals surface area (Å²) in [4.78, 5) is 19.9. The van der Waals surface area contributed by atoms with Gasteiger partial charge in [-0.25, -0.2) is 4.39 Å². The van der Waals surface area contributed by atoms with E-state index in [-0.39, 0.29) is 25.9 Å². The van der Waals surface area contributed by atoms with Crippen molar-refractivity contribution >= 4 is 34.6 Å². The Labute approximate surface area is 80.3 Å². The summed E-state index contributed by atoms with van der Waals surface area (Å²) in [6, 6.07) is 0. The second-order valence-electron chi connectivity index (χ2n) is 1.69. The molecule has 2 nitrogen and oxygen atoms in total. The average molecular weight is 180 g/mol. The van der Waals surface area contributed by atoms with Gasteiger partial charge in [-0.2, -0.15) is 8.78 Å². The van der Waals surface area contributed by atoms with Gasteiger partial charge in [0.2, 0.25) is 11.6 Å². The molecule has 62 valence electrons. The van der Waals surface area contributed by atoms with Crippen molar-refractivity contribution in [3.8, 4) is 0 Å². The Kier molecular flexibility index (Phi) is 5.77. The van der Waals surface area contributed by atoms with Gasteiger partial charge in [-0.1, -0.05) is 0 Å². The van der Waals surface area contributed by atoms with Gasteiger partial charge in [0.05, 0.1) is 0 Å². The molecular weight excluding hydrogens is 173 g/mol. The molecule has 0 heterocycles. The molecule has 0 saturated heterocycles. The van der Waals surface area contributed by atoms with Gasteiger partial charge >= 0.3 is 29.0 Å². The van der Waals surface area contributed by atoms with Gasteiger partial charge in [0, 0.05) is 6.92 Å². The van der Waals surface area contributed by atoms with E-state index < -0.39 is 24.2 Å². The van der Waals surface area contributed by atoms with Gasteiger partial charge < -0.3 is 2.85 Å². The maximum atomic E-state index is 12.0. The van der Waals surface area contributed by atoms with Crippen LogP contribution in [0.15, 0.2) is 0 Å². The summed E-state index contributed by atoms with van der Waals surface area (Å²) >= 11 is 0. The molecule has 0 fully saturated rings. The van der Waals surface area contributed by atoms with Crippen LogP contribution in [0.1, 0.15) is 9.78 Å². The van der Waals surface area contributed by atoms with E-state index >= 15 is 0 Å². The smallest absolute Gasteiger partial charge is 1.00 e. The molecule has 0 aliphatic heterocycles. The third kappa shape index (κ3) is 3.20. The topological polar surface area (TPSA) is 34.1 Å². The van der Waals surface area contributed by atoms with Gasteiger partial charge in [0.15, 0.2) is 6.67 Å². The predicted octanol–water partition coefficient (Wildman–Crippen LogP) is 0.594. The summed E-state index contributed by atoms with van der Waals surface area (Å²) in [5.41, 5.74) is 0. The fraction of sp³-hybridized carbons (Fsp3) is 0.600. The molecule has 0 atom stereocenters. The fourth-order valence-electron chi connectivity index (χ4n) is 0.280. The first-order valence-corrected chi connectivity index (χ1v) is 2.41. The van der Waals surface area contributed by atoms with Crippen molar-refractivity contribution in [1.82, 2.24) is 0 Å². The minimum atomic E-state index is -4.14. The summed E-state index contributed by atoms with van der Waals surface area (Å²) in [6.07, 6.45) is 0. The second-order valence-corrected chi connectivity index (χ2v) is 1.69. The van der Waals surface area contributed by atoms with Crippen LogP contribution in [-0.2, 0) is 9.59 Å². The Hall–Kier alpha value is -0.104. The Morgan fingerprint density at radius 2 is 1.82 bits per heavy atom. The Morgan fingerprint density at radius 3 is 1.91 bits per heavy atom. The summed E-state index contributed by atoms with van der Waals surface area (Å²) in [7, 11) is 0. The molecule has 0 aromatic heterocycles. The minimum absolute atomic E-state index is 0. The second kappa shape index (κ2) is 4.71. The van der Waals surface area contributed by atoms with Crippen molar-refractivity contribution in [2.45, 2.75) is 12.8 Å². The number of hydrogen-bond acceptors (Lipinski definition) is 2. The molecular formula is C5H7F3MgO2. The van der Waals surface area contributed by atoms with E-state index in [2.05, 4.69) is 0 Å². The van der Waals surface area contributed by atoms with Crippen molar-refractivity contribution < 1.29 is 25.6 Å². The first-order chi connectivity index (χ1) is 4.42. The molecule has 0 rings (SSSR count). The zero-order valence-electron chi connectivity index (χ0n) is 7.86. The van der Waals surface area contributed by atoms with E-state index in [0.717, 1.165) is 0 Å². The molecule has 11 heavy (non-hydrogen) atoms. The van der Waals surface area contributed by atoms with Gasteiger partial charge in [-0.15, -0.1) is 0 Å². The Balaban J connectivity index is -0.000000135. The van der Waals surface area contributed by atoms with Crippen LogP contribution < -0.4 is 0 Å². The molecule has 0 amide bonds. The largest absolute Gasteiger partial charge is 2.00 e. The fourth-order valence-corrected chi connectivity index (χ4v) is 0.280. The number of hydrogen-bond donors (Lipinski definition) is 0. The van der Waals surface area contributed by atoms with E-state index in [1.807, 2.05) is 0 Å². The van der Waals surface area contributed by atoms with Crippen LogP contribution in [-0.4, -0.2) is 47.2 Å². The predicted molar refractivity (Wildman–Crippen MR) is 34.6 cm³/mol. The van der Waals surface area contributed by atoms with Crippen LogP contribution in [0.5, 0.6) is 0 Å². The van der Waals surface area contributed by atoms with Gasteiger partial charge in [-0.3, -0.25) is 9.59 Å². The van der Waals surface area contributed by atoms with E-state index in [9.17, 15) is 22.8 Å². The Morgan fingerprint density at radius 1 is 1.45 bits per heavy atom. The van der Waals surface area contributed by atoms with Crippen molar-refractivity contribution in [1.29, 1.82) is 0 Å². The van der Waals surface area contributed by atoms with Crippen molar-refractivity contribution in [2.75, 3.05) is 6.67 Å². The molecule has 0 aliphatic rings. The van der Waals surface area contributed by atoms with Crippen LogP contribution in [0, 0.1) is 0 Å². The molecule has 0 aromatic rings. The number of ketones is 2. The first-order valence-electron chi connectivity index (χ1n) is 2.41. The number of rotatable bonds is 3. The first kappa shape index (κ1) is 13.5. The monoisotopic (exact) mass is 180 g/mol. The SMILES string of the molecule is CC(=O)C(F)(F)C(=O)CF.[H-].[H-].[Mg+2]. The standard InChI is InChI=1S/C5H5F3O2.Mg.2H/c1-3(9)5(7,8)4(10)2-6;;;/h2H2,1H3;;;/q;+2;2*-1. The van der Waals surface area contributed by atoms with Crippen LogP contribution >= 0.6 is 0 Å². The molecule has 0 bridgehead atoms. The average Bonchev–Trinajstić information content (AvgIpc) is 1.86. The van der Waals surface area contributed by atoms with Crippen LogP contribution in [0.3, 0.4) is 0 Å². The summed E-state index contributed by atoms with van der Waals surface area (Å²) in [5, 5.41) is 0. The number of halogens is 3. The van der Waals surface area contributed by atoms with Crippen LogP contribution in [0.4, 0.5) is 13.2 Å². The zero-order valence-corrected chi connectivity index (χ0v) is 7.28. The van der Waals surface area contributed by atoms with Crippen LogP contribution in [0.25, 0.3) is 0 Å². The van der Waals surface area contributed by atoms with E-state index in [1.54, 1.807) is 0 Å². The normalized spacial score (nSPS) is 10.2. The van der Waals surface area contributed by atoms with Gasteiger partial charge in [0.25, 0.3) is 0 Å². The molecule has 0 radical (unpaired) electrons. The maximum Gasteiger partial charge on any atom is 2.00 e. The van der Waals surface area contributed by atoms with Crippen molar-refractivity contribution in [3.63, 3.8) is 0 Å². The third-order valence-electron chi connectivity index (χ3n) is 0.914. The Bertz CT molecular complexity index is 177. The van der Waals surface area contributed by atoms with Crippen molar-refractivity contribution in [3.05, 3.63) is 0 Å².